The van der Waals surface area contributed by atoms with E-state index in [-0.39, 0.29) is 18.0 Å². The molecule has 2 aromatic carbocycles. The van der Waals surface area contributed by atoms with Gasteiger partial charge in [0.1, 0.15) is 5.75 Å². The zero-order valence-electron chi connectivity index (χ0n) is 11.1. The molecule has 1 heterocycles. The third-order valence-electron chi connectivity index (χ3n) is 3.33. The number of nitrogens with zero attached hydrogens (tertiary/aromatic N) is 1. The number of benzene rings is 2. The van der Waals surface area contributed by atoms with Gasteiger partial charge in [0.25, 0.3) is 0 Å². The van der Waals surface area contributed by atoms with Gasteiger partial charge in [-0.1, -0.05) is 18.2 Å². The minimum Gasteiger partial charge on any atom is -0.465 e. The molecule has 22 heavy (non-hydrogen) atoms. The van der Waals surface area contributed by atoms with Gasteiger partial charge in [-0.15, -0.1) is 0 Å². The first-order valence-corrected chi connectivity index (χ1v) is 6.34. The Kier molecular flexibility index (Phi) is 3.20. The van der Waals surface area contributed by atoms with Crippen molar-refractivity contribution in [3.05, 3.63) is 53.6 Å². The maximum absolute atomic E-state index is 12.8. The Bertz CT molecular complexity index is 743. The fourth-order valence-electron chi connectivity index (χ4n) is 2.27. The Hall–Kier alpha value is -2.70. The fourth-order valence-corrected chi connectivity index (χ4v) is 2.27. The summed E-state index contributed by atoms with van der Waals surface area (Å²) in [6.45, 7) is -0.0835. The van der Waals surface area contributed by atoms with E-state index in [1.165, 1.54) is 0 Å². The van der Waals surface area contributed by atoms with Crippen LogP contribution < -0.4 is 9.64 Å². The molecular formula is C15H10F3NO3. The maximum atomic E-state index is 12.8. The lowest BCUT2D eigenvalue weighted by Gasteiger charge is -2.19. The van der Waals surface area contributed by atoms with Gasteiger partial charge >= 0.3 is 12.3 Å². The lowest BCUT2D eigenvalue weighted by atomic mass is 10.1. The molecule has 0 spiro atoms. The summed E-state index contributed by atoms with van der Waals surface area (Å²) in [4.78, 5) is 12.3. The number of amides is 1. The van der Waals surface area contributed by atoms with Crippen molar-refractivity contribution < 1.29 is 27.8 Å². The van der Waals surface area contributed by atoms with Crippen LogP contribution in [0, 0.1) is 0 Å². The predicted octanol–water partition coefficient (Wildman–Crippen LogP) is 4.50. The molecule has 1 aliphatic heterocycles. The number of hydrogen-bond acceptors (Lipinski definition) is 2. The molecule has 0 radical (unpaired) electrons. The SMILES string of the molecule is O=C(O)N1Cc2ccccc2Oc2ccc(C(F)(F)F)cc21. The number of anilines is 1. The van der Waals surface area contributed by atoms with Gasteiger partial charge in [-0.25, -0.2) is 4.79 Å². The zero-order valence-corrected chi connectivity index (χ0v) is 11.1. The molecule has 2 aromatic rings. The normalized spacial score (nSPS) is 13.7. The van der Waals surface area contributed by atoms with E-state index in [4.69, 9.17) is 4.74 Å². The van der Waals surface area contributed by atoms with E-state index in [1.807, 2.05) is 0 Å². The van der Waals surface area contributed by atoms with E-state index >= 15 is 0 Å². The highest BCUT2D eigenvalue weighted by molar-refractivity contribution is 5.89. The number of carbonyl (C=O) groups is 1. The molecule has 1 N–H and O–H groups in total. The molecule has 114 valence electrons. The van der Waals surface area contributed by atoms with Crippen LogP contribution in [-0.2, 0) is 12.7 Å². The number of hydrogen-bond donors (Lipinski definition) is 1. The molecule has 0 atom stereocenters. The van der Waals surface area contributed by atoms with Gasteiger partial charge in [-0.3, -0.25) is 4.90 Å². The van der Waals surface area contributed by atoms with Gasteiger partial charge in [-0.2, -0.15) is 13.2 Å². The standard InChI is InChI=1S/C15H10F3NO3/c16-15(17,18)10-5-6-13-11(7-10)19(14(20)21)8-9-3-1-2-4-12(9)22-13/h1-7H,8H2,(H,20,21). The van der Waals surface area contributed by atoms with E-state index in [2.05, 4.69) is 0 Å². The molecule has 0 aromatic heterocycles. The minimum absolute atomic E-state index is 0.0698. The third kappa shape index (κ3) is 2.45. The first-order valence-electron chi connectivity index (χ1n) is 6.34. The molecular weight excluding hydrogens is 299 g/mol. The van der Waals surface area contributed by atoms with Gasteiger partial charge in [-0.05, 0) is 24.3 Å². The van der Waals surface area contributed by atoms with E-state index in [0.29, 0.717) is 11.3 Å². The molecule has 7 heteroatoms. The molecule has 0 bridgehead atoms. The molecule has 0 aliphatic carbocycles. The molecule has 0 fully saturated rings. The van der Waals surface area contributed by atoms with Gasteiger partial charge in [0.15, 0.2) is 5.75 Å². The van der Waals surface area contributed by atoms with E-state index in [0.717, 1.165) is 23.1 Å². The molecule has 0 unspecified atom stereocenters. The zero-order chi connectivity index (χ0) is 15.9. The number of fused-ring (bicyclic) bond motifs is 2. The van der Waals surface area contributed by atoms with Crippen molar-refractivity contribution in [3.63, 3.8) is 0 Å². The Balaban J connectivity index is 2.16. The number of carboxylic acid groups (broad SMARTS) is 1. The summed E-state index contributed by atoms with van der Waals surface area (Å²) in [6.07, 6.45) is -5.90. The number of rotatable bonds is 0. The topological polar surface area (TPSA) is 49.8 Å². The van der Waals surface area contributed by atoms with Crippen molar-refractivity contribution in [2.45, 2.75) is 12.7 Å². The Morgan fingerprint density at radius 2 is 1.86 bits per heavy atom. The average Bonchev–Trinajstić information content (AvgIpc) is 2.61. The summed E-state index contributed by atoms with van der Waals surface area (Å²) >= 11 is 0. The highest BCUT2D eigenvalue weighted by atomic mass is 19.4. The van der Waals surface area contributed by atoms with Crippen molar-refractivity contribution in [2.75, 3.05) is 4.90 Å². The second-order valence-corrected chi connectivity index (χ2v) is 4.76. The number of halogens is 3. The van der Waals surface area contributed by atoms with Crippen molar-refractivity contribution in [1.82, 2.24) is 0 Å². The van der Waals surface area contributed by atoms with Crippen LogP contribution in [0.3, 0.4) is 0 Å². The predicted molar refractivity (Wildman–Crippen MR) is 72.2 cm³/mol. The van der Waals surface area contributed by atoms with Crippen LogP contribution in [0.1, 0.15) is 11.1 Å². The summed E-state index contributed by atoms with van der Waals surface area (Å²) in [5, 5.41) is 9.32. The highest BCUT2D eigenvalue weighted by Crippen LogP contribution is 2.42. The minimum atomic E-state index is -4.56. The maximum Gasteiger partial charge on any atom is 0.416 e. The molecule has 1 aliphatic rings. The van der Waals surface area contributed by atoms with Crippen LogP contribution in [0.4, 0.5) is 23.7 Å². The molecule has 3 rings (SSSR count). The highest BCUT2D eigenvalue weighted by Gasteiger charge is 2.33. The van der Waals surface area contributed by atoms with Crippen LogP contribution >= 0.6 is 0 Å². The summed E-state index contributed by atoms with van der Waals surface area (Å²) < 4.78 is 44.1. The van der Waals surface area contributed by atoms with Crippen molar-refractivity contribution in [2.24, 2.45) is 0 Å². The van der Waals surface area contributed by atoms with Crippen LogP contribution in [0.25, 0.3) is 0 Å². The van der Waals surface area contributed by atoms with Gasteiger partial charge < -0.3 is 9.84 Å². The number of alkyl halides is 3. The number of para-hydroxylation sites is 1. The Morgan fingerprint density at radius 3 is 2.55 bits per heavy atom. The summed E-state index contributed by atoms with van der Waals surface area (Å²) in [6, 6.07) is 9.51. The molecule has 0 saturated carbocycles. The van der Waals surface area contributed by atoms with E-state index < -0.39 is 17.8 Å². The Morgan fingerprint density at radius 1 is 1.14 bits per heavy atom. The summed E-state index contributed by atoms with van der Waals surface area (Å²) in [5.41, 5.74) is -0.472. The van der Waals surface area contributed by atoms with Gasteiger partial charge in [0, 0.05) is 5.56 Å². The monoisotopic (exact) mass is 309 g/mol. The summed E-state index contributed by atoms with van der Waals surface area (Å²) in [5.74, 6) is 0.493. The van der Waals surface area contributed by atoms with Crippen LogP contribution in [0.15, 0.2) is 42.5 Å². The average molecular weight is 309 g/mol. The van der Waals surface area contributed by atoms with Crippen molar-refractivity contribution >= 4 is 11.8 Å². The first-order chi connectivity index (χ1) is 10.4. The first kappa shape index (κ1) is 14.2. The lowest BCUT2D eigenvalue weighted by Crippen LogP contribution is -2.28. The van der Waals surface area contributed by atoms with Gasteiger partial charge in [0.05, 0.1) is 17.8 Å². The van der Waals surface area contributed by atoms with Crippen LogP contribution in [0.5, 0.6) is 11.5 Å². The van der Waals surface area contributed by atoms with Gasteiger partial charge in [0.2, 0.25) is 0 Å². The van der Waals surface area contributed by atoms with E-state index in [9.17, 15) is 23.1 Å². The van der Waals surface area contributed by atoms with Crippen LogP contribution in [-0.4, -0.2) is 11.2 Å². The lowest BCUT2D eigenvalue weighted by molar-refractivity contribution is -0.137. The Labute approximate surface area is 123 Å². The molecule has 4 nitrogen and oxygen atoms in total. The van der Waals surface area contributed by atoms with Crippen LogP contribution in [0.2, 0.25) is 0 Å². The van der Waals surface area contributed by atoms with Crippen molar-refractivity contribution in [3.8, 4) is 11.5 Å². The smallest absolute Gasteiger partial charge is 0.416 e. The second-order valence-electron chi connectivity index (χ2n) is 4.76. The fraction of sp³-hybridized carbons (Fsp3) is 0.133. The number of ether oxygens (including phenoxy) is 1. The quantitative estimate of drug-likeness (QED) is 0.779. The largest absolute Gasteiger partial charge is 0.465 e. The second kappa shape index (κ2) is 4.94. The van der Waals surface area contributed by atoms with Crippen molar-refractivity contribution in [1.29, 1.82) is 0 Å². The van der Waals surface area contributed by atoms with E-state index in [1.54, 1.807) is 24.3 Å². The molecule has 1 amide bonds. The third-order valence-corrected chi connectivity index (χ3v) is 3.33. The molecule has 0 saturated heterocycles. The summed E-state index contributed by atoms with van der Waals surface area (Å²) in [7, 11) is 0.